The van der Waals surface area contributed by atoms with Gasteiger partial charge >= 0.3 is 0 Å². The molecule has 0 aromatic carbocycles. The van der Waals surface area contributed by atoms with Gasteiger partial charge in [-0.15, -0.1) is 0 Å². The molecule has 0 aromatic rings. The number of rotatable bonds is 2. The molecule has 0 saturated carbocycles. The fraction of sp³-hybridized carbons (Fsp3) is 0.750. The molecule has 0 aromatic heterocycles. The maximum absolute atomic E-state index is 11.3. The lowest BCUT2D eigenvalue weighted by molar-refractivity contribution is -0.137. The minimum atomic E-state index is -0.385. The third kappa shape index (κ3) is 2.42. The molecular weight excluding hydrogens is 170 g/mol. The number of hydrogen-bond acceptors (Lipinski definition) is 3. The first-order chi connectivity index (χ1) is 6.00. The minimum absolute atomic E-state index is 0.0411. The fourth-order valence-corrected chi connectivity index (χ4v) is 1.48. The van der Waals surface area contributed by atoms with Crippen molar-refractivity contribution >= 4 is 11.8 Å². The van der Waals surface area contributed by atoms with Crippen LogP contribution in [0.4, 0.5) is 0 Å². The van der Waals surface area contributed by atoms with Gasteiger partial charge in [-0.1, -0.05) is 0 Å². The summed E-state index contributed by atoms with van der Waals surface area (Å²) < 4.78 is 0. The van der Waals surface area contributed by atoms with Gasteiger partial charge < -0.3 is 10.6 Å². The highest BCUT2D eigenvalue weighted by Crippen LogP contribution is 2.07. The van der Waals surface area contributed by atoms with E-state index in [1.54, 1.807) is 16.8 Å². The van der Waals surface area contributed by atoms with Crippen molar-refractivity contribution in [2.75, 3.05) is 26.7 Å². The van der Waals surface area contributed by atoms with Gasteiger partial charge in [0.25, 0.3) is 0 Å². The van der Waals surface area contributed by atoms with Gasteiger partial charge in [0.15, 0.2) is 0 Å². The van der Waals surface area contributed by atoms with Crippen LogP contribution < -0.4 is 5.73 Å². The van der Waals surface area contributed by atoms with Crippen molar-refractivity contribution < 1.29 is 9.59 Å². The van der Waals surface area contributed by atoms with E-state index in [1.807, 2.05) is 6.92 Å². The number of likely N-dealkylation sites (N-methyl/N-ethyl adjacent to an activating group) is 1. The van der Waals surface area contributed by atoms with Crippen LogP contribution in [0.2, 0.25) is 0 Å². The number of nitrogens with zero attached hydrogens (tertiary/aromatic N) is 2. The minimum Gasteiger partial charge on any atom is -0.369 e. The summed E-state index contributed by atoms with van der Waals surface area (Å²) in [5, 5.41) is 0. The Bertz CT molecular complexity index is 229. The Morgan fingerprint density at radius 2 is 2.31 bits per heavy atom. The Balaban J connectivity index is 2.56. The molecular formula is C8H15N3O2. The van der Waals surface area contributed by atoms with E-state index in [2.05, 4.69) is 0 Å². The molecule has 0 aliphatic carbocycles. The van der Waals surface area contributed by atoms with Crippen LogP contribution >= 0.6 is 0 Å². The largest absolute Gasteiger partial charge is 0.369 e. The molecule has 1 unspecified atom stereocenters. The van der Waals surface area contributed by atoms with Gasteiger partial charge in [-0.2, -0.15) is 0 Å². The smallest absolute Gasteiger partial charge is 0.236 e. The average Bonchev–Trinajstić information content (AvgIpc) is 1.99. The molecule has 1 aliphatic rings. The van der Waals surface area contributed by atoms with Crippen LogP contribution in [-0.2, 0) is 9.59 Å². The molecule has 2 amide bonds. The second kappa shape index (κ2) is 3.74. The lowest BCUT2D eigenvalue weighted by Gasteiger charge is -2.36. The van der Waals surface area contributed by atoms with E-state index in [0.29, 0.717) is 13.1 Å². The first-order valence-corrected chi connectivity index (χ1v) is 4.27. The third-order valence-corrected chi connectivity index (χ3v) is 2.28. The number of carbonyl (C=O) groups excluding carboxylic acids is 2. The SMILES string of the molecule is CC1CN(C)C(=O)CN1CC(N)=O. The number of primary amides is 1. The van der Waals surface area contributed by atoms with Crippen LogP contribution in [0.5, 0.6) is 0 Å². The van der Waals surface area contributed by atoms with Crippen LogP contribution in [-0.4, -0.2) is 54.3 Å². The molecule has 5 nitrogen and oxygen atoms in total. The van der Waals surface area contributed by atoms with E-state index < -0.39 is 0 Å². The summed E-state index contributed by atoms with van der Waals surface area (Å²) in [7, 11) is 1.76. The lowest BCUT2D eigenvalue weighted by Crippen LogP contribution is -2.55. The summed E-state index contributed by atoms with van der Waals surface area (Å²) in [5.74, 6) is -0.344. The van der Waals surface area contributed by atoms with E-state index in [4.69, 9.17) is 5.73 Å². The van der Waals surface area contributed by atoms with E-state index in [0.717, 1.165) is 0 Å². The van der Waals surface area contributed by atoms with Crippen molar-refractivity contribution in [3.63, 3.8) is 0 Å². The zero-order valence-electron chi connectivity index (χ0n) is 7.99. The van der Waals surface area contributed by atoms with Gasteiger partial charge in [-0.3, -0.25) is 14.5 Å². The number of hydrogen-bond donors (Lipinski definition) is 1. The molecule has 5 heteroatoms. The molecule has 1 saturated heterocycles. The Kier molecular flexibility index (Phi) is 2.87. The van der Waals surface area contributed by atoms with Crippen molar-refractivity contribution in [3.05, 3.63) is 0 Å². The Morgan fingerprint density at radius 3 is 2.85 bits per heavy atom. The topological polar surface area (TPSA) is 66.6 Å². The Labute approximate surface area is 77.5 Å². The number of piperazine rings is 1. The molecule has 0 radical (unpaired) electrons. The van der Waals surface area contributed by atoms with Crippen molar-refractivity contribution in [1.29, 1.82) is 0 Å². The summed E-state index contributed by atoms with van der Waals surface area (Å²) in [6, 6.07) is 0.204. The highest BCUT2D eigenvalue weighted by atomic mass is 16.2. The van der Waals surface area contributed by atoms with E-state index in [-0.39, 0.29) is 24.4 Å². The second-order valence-corrected chi connectivity index (χ2v) is 3.49. The monoisotopic (exact) mass is 185 g/mol. The predicted molar refractivity (Wildman–Crippen MR) is 47.9 cm³/mol. The first kappa shape index (κ1) is 9.98. The molecule has 1 heterocycles. The van der Waals surface area contributed by atoms with Crippen molar-refractivity contribution in [1.82, 2.24) is 9.80 Å². The lowest BCUT2D eigenvalue weighted by atomic mass is 10.2. The summed E-state index contributed by atoms with van der Waals surface area (Å²) >= 11 is 0. The number of carbonyl (C=O) groups is 2. The van der Waals surface area contributed by atoms with Gasteiger partial charge in [-0.25, -0.2) is 0 Å². The van der Waals surface area contributed by atoms with Crippen LogP contribution in [0.3, 0.4) is 0 Å². The average molecular weight is 185 g/mol. The predicted octanol–water partition coefficient (Wildman–Crippen LogP) is -1.37. The van der Waals surface area contributed by atoms with Gasteiger partial charge in [-0.05, 0) is 6.92 Å². The maximum atomic E-state index is 11.3. The Morgan fingerprint density at radius 1 is 1.69 bits per heavy atom. The van der Waals surface area contributed by atoms with Crippen LogP contribution in [0, 0.1) is 0 Å². The summed E-state index contributed by atoms with van der Waals surface area (Å²) in [5.41, 5.74) is 5.06. The maximum Gasteiger partial charge on any atom is 0.236 e. The summed E-state index contributed by atoms with van der Waals surface area (Å²) in [6.45, 7) is 3.10. The van der Waals surface area contributed by atoms with Gasteiger partial charge in [0.05, 0.1) is 13.1 Å². The van der Waals surface area contributed by atoms with Gasteiger partial charge in [0, 0.05) is 19.6 Å². The van der Waals surface area contributed by atoms with Crippen molar-refractivity contribution in [2.24, 2.45) is 5.73 Å². The molecule has 0 bridgehead atoms. The zero-order valence-corrected chi connectivity index (χ0v) is 7.99. The molecule has 13 heavy (non-hydrogen) atoms. The van der Waals surface area contributed by atoms with Crippen LogP contribution in [0.15, 0.2) is 0 Å². The van der Waals surface area contributed by atoms with Crippen molar-refractivity contribution in [2.45, 2.75) is 13.0 Å². The number of amides is 2. The van der Waals surface area contributed by atoms with Gasteiger partial charge in [0.1, 0.15) is 0 Å². The molecule has 1 rings (SSSR count). The van der Waals surface area contributed by atoms with Crippen LogP contribution in [0.25, 0.3) is 0 Å². The van der Waals surface area contributed by atoms with E-state index in [1.165, 1.54) is 0 Å². The summed E-state index contributed by atoms with van der Waals surface area (Å²) in [6.07, 6.45) is 0. The molecule has 2 N–H and O–H groups in total. The standard InChI is InChI=1S/C8H15N3O2/c1-6-3-10(2)8(13)5-11(6)4-7(9)12/h6H,3-5H2,1-2H3,(H2,9,12). The van der Waals surface area contributed by atoms with Crippen molar-refractivity contribution in [3.8, 4) is 0 Å². The van der Waals surface area contributed by atoms with Crippen LogP contribution in [0.1, 0.15) is 6.92 Å². The fourth-order valence-electron chi connectivity index (χ4n) is 1.48. The molecule has 1 atom stereocenters. The zero-order chi connectivity index (χ0) is 10.0. The van der Waals surface area contributed by atoms with E-state index >= 15 is 0 Å². The quantitative estimate of drug-likeness (QED) is 0.577. The Hall–Kier alpha value is -1.10. The van der Waals surface area contributed by atoms with Gasteiger partial charge in [0.2, 0.25) is 11.8 Å². The first-order valence-electron chi connectivity index (χ1n) is 4.27. The second-order valence-electron chi connectivity index (χ2n) is 3.49. The summed E-state index contributed by atoms with van der Waals surface area (Å²) in [4.78, 5) is 25.4. The van der Waals surface area contributed by atoms with E-state index in [9.17, 15) is 9.59 Å². The normalized spacial score (nSPS) is 24.9. The third-order valence-electron chi connectivity index (χ3n) is 2.28. The highest BCUT2D eigenvalue weighted by molar-refractivity contribution is 5.81. The number of nitrogens with two attached hydrogens (primary N) is 1. The molecule has 1 aliphatic heterocycles. The molecule has 1 fully saturated rings. The molecule has 74 valence electrons. The molecule has 0 spiro atoms. The highest BCUT2D eigenvalue weighted by Gasteiger charge is 2.27.